The lowest BCUT2D eigenvalue weighted by molar-refractivity contribution is -0.119. The molecule has 1 amide bonds. The minimum Gasteiger partial charge on any atom is -0.497 e. The summed E-state index contributed by atoms with van der Waals surface area (Å²) in [6.45, 7) is 0.976. The molecule has 1 heterocycles. The number of carbonyl (C=O) groups excluding carboxylic acids is 1. The van der Waals surface area contributed by atoms with E-state index >= 15 is 0 Å². The fourth-order valence-electron chi connectivity index (χ4n) is 2.72. The Bertz CT molecular complexity index is 659. The second kappa shape index (κ2) is 6.76. The highest BCUT2D eigenvalue weighted by atomic mass is 32.2. The van der Waals surface area contributed by atoms with Gasteiger partial charge in [-0.2, -0.15) is 0 Å². The number of nitrogens with one attached hydrogen (secondary N) is 2. The van der Waals surface area contributed by atoms with Crippen LogP contribution >= 0.6 is 0 Å². The Morgan fingerprint density at radius 1 is 1.13 bits per heavy atom. The van der Waals surface area contributed by atoms with Crippen molar-refractivity contribution in [2.75, 3.05) is 38.9 Å². The van der Waals surface area contributed by atoms with Gasteiger partial charge >= 0.3 is 0 Å². The first-order chi connectivity index (χ1) is 10.8. The smallest absolute Gasteiger partial charge is 0.245 e. The summed E-state index contributed by atoms with van der Waals surface area (Å²) in [4.78, 5) is 12.7. The van der Waals surface area contributed by atoms with E-state index in [9.17, 15) is 13.2 Å². The van der Waals surface area contributed by atoms with E-state index in [0.29, 0.717) is 30.3 Å². The van der Waals surface area contributed by atoms with Gasteiger partial charge in [0.1, 0.15) is 11.5 Å². The molecule has 1 aromatic rings. The van der Waals surface area contributed by atoms with Crippen LogP contribution in [0.25, 0.3) is 0 Å². The van der Waals surface area contributed by atoms with Gasteiger partial charge in [0.2, 0.25) is 5.91 Å². The van der Waals surface area contributed by atoms with Crippen LogP contribution in [0.1, 0.15) is 12.8 Å². The van der Waals surface area contributed by atoms with Crippen molar-refractivity contribution in [2.24, 2.45) is 0 Å². The van der Waals surface area contributed by atoms with Crippen molar-refractivity contribution >= 4 is 21.4 Å². The lowest BCUT2D eigenvalue weighted by atomic mass is 9.95. The van der Waals surface area contributed by atoms with Crippen LogP contribution in [0.2, 0.25) is 0 Å². The average molecular weight is 342 g/mol. The molecule has 0 saturated carbocycles. The van der Waals surface area contributed by atoms with Gasteiger partial charge in [0.25, 0.3) is 0 Å². The van der Waals surface area contributed by atoms with Gasteiger partial charge in [0.05, 0.1) is 14.2 Å². The molecule has 0 bridgehead atoms. The predicted octanol–water partition coefficient (Wildman–Crippen LogP) is 0.809. The van der Waals surface area contributed by atoms with Gasteiger partial charge in [0.15, 0.2) is 14.6 Å². The Morgan fingerprint density at radius 3 is 2.09 bits per heavy atom. The molecule has 8 heteroatoms. The number of carbonyl (C=O) groups is 1. The second-order valence-electron chi connectivity index (χ2n) is 5.57. The molecule has 0 aromatic heterocycles. The molecule has 0 spiro atoms. The van der Waals surface area contributed by atoms with Crippen LogP contribution in [0.15, 0.2) is 18.2 Å². The van der Waals surface area contributed by atoms with Crippen LogP contribution in [0.4, 0.5) is 5.69 Å². The van der Waals surface area contributed by atoms with E-state index in [0.717, 1.165) is 6.26 Å². The third-order valence-electron chi connectivity index (χ3n) is 4.14. The maximum absolute atomic E-state index is 12.7. The molecule has 1 aromatic carbocycles. The molecule has 128 valence electrons. The summed E-state index contributed by atoms with van der Waals surface area (Å²) in [6.07, 6.45) is 1.61. The van der Waals surface area contributed by atoms with Gasteiger partial charge in [-0.25, -0.2) is 8.42 Å². The standard InChI is InChI=1S/C15H22N2O5S/c1-21-12-8-11(9-13(10-12)22-2)17-14(18)15(23(3,19)20)4-6-16-7-5-15/h8-10,16H,4-7H2,1-3H3,(H,17,18). The van der Waals surface area contributed by atoms with E-state index in [4.69, 9.17) is 9.47 Å². The number of hydrogen-bond acceptors (Lipinski definition) is 6. The zero-order valence-electron chi connectivity index (χ0n) is 13.5. The lowest BCUT2D eigenvalue weighted by Gasteiger charge is -2.34. The minimum absolute atomic E-state index is 0.249. The molecule has 7 nitrogen and oxygen atoms in total. The van der Waals surface area contributed by atoms with Gasteiger partial charge in [-0.3, -0.25) is 4.79 Å². The second-order valence-corrected chi connectivity index (χ2v) is 7.90. The first-order valence-corrected chi connectivity index (χ1v) is 9.16. The number of piperidine rings is 1. The topological polar surface area (TPSA) is 93.7 Å². The third-order valence-corrected chi connectivity index (χ3v) is 6.16. The largest absolute Gasteiger partial charge is 0.497 e. The van der Waals surface area contributed by atoms with Gasteiger partial charge in [-0.1, -0.05) is 0 Å². The molecular formula is C15H22N2O5S. The molecule has 1 fully saturated rings. The summed E-state index contributed by atoms with van der Waals surface area (Å²) in [5.41, 5.74) is 0.438. The Hall–Kier alpha value is -1.80. The number of benzene rings is 1. The number of rotatable bonds is 5. The van der Waals surface area contributed by atoms with E-state index in [-0.39, 0.29) is 12.8 Å². The van der Waals surface area contributed by atoms with Crippen LogP contribution in [-0.2, 0) is 14.6 Å². The molecule has 1 aliphatic rings. The summed E-state index contributed by atoms with van der Waals surface area (Å²) in [7, 11) is -0.542. The number of amides is 1. The van der Waals surface area contributed by atoms with E-state index in [1.165, 1.54) is 14.2 Å². The SMILES string of the molecule is COc1cc(NC(=O)C2(S(C)(=O)=O)CCNCC2)cc(OC)c1. The third kappa shape index (κ3) is 3.59. The maximum Gasteiger partial charge on any atom is 0.245 e. The zero-order chi connectivity index (χ0) is 17.1. The normalized spacial score (nSPS) is 17.3. The molecule has 2 rings (SSSR count). The summed E-state index contributed by atoms with van der Waals surface area (Å²) in [6, 6.07) is 4.92. The van der Waals surface area contributed by atoms with Crippen molar-refractivity contribution < 1.29 is 22.7 Å². The van der Waals surface area contributed by atoms with Gasteiger partial charge in [0, 0.05) is 30.1 Å². The van der Waals surface area contributed by atoms with Gasteiger partial charge in [-0.05, 0) is 25.9 Å². The quantitative estimate of drug-likeness (QED) is 0.822. The van der Waals surface area contributed by atoms with Crippen molar-refractivity contribution in [2.45, 2.75) is 17.6 Å². The van der Waals surface area contributed by atoms with Crippen molar-refractivity contribution in [3.05, 3.63) is 18.2 Å². The van der Waals surface area contributed by atoms with Crippen LogP contribution in [0.3, 0.4) is 0 Å². The fourth-order valence-corrected chi connectivity index (χ4v) is 4.05. The number of sulfone groups is 1. The Kier molecular flexibility index (Phi) is 5.16. The van der Waals surface area contributed by atoms with Crippen LogP contribution in [0, 0.1) is 0 Å². The molecule has 0 unspecified atom stereocenters. The Morgan fingerprint density at radius 2 is 1.65 bits per heavy atom. The Labute approximate surface area is 136 Å². The highest BCUT2D eigenvalue weighted by molar-refractivity contribution is 7.92. The molecule has 2 N–H and O–H groups in total. The number of hydrogen-bond donors (Lipinski definition) is 2. The molecule has 0 aliphatic carbocycles. The first kappa shape index (κ1) is 17.6. The number of anilines is 1. The highest BCUT2D eigenvalue weighted by Crippen LogP contribution is 2.31. The van der Waals surface area contributed by atoms with E-state index in [1.807, 2.05) is 0 Å². The molecule has 23 heavy (non-hydrogen) atoms. The summed E-state index contributed by atoms with van der Waals surface area (Å²) < 4.78 is 33.4. The maximum atomic E-state index is 12.7. The fraction of sp³-hybridized carbons (Fsp3) is 0.533. The van der Waals surface area contributed by atoms with Gasteiger partial charge < -0.3 is 20.1 Å². The lowest BCUT2D eigenvalue weighted by Crippen LogP contribution is -2.55. The minimum atomic E-state index is -3.55. The zero-order valence-corrected chi connectivity index (χ0v) is 14.3. The van der Waals surface area contributed by atoms with E-state index < -0.39 is 20.5 Å². The summed E-state index contributed by atoms with van der Waals surface area (Å²) >= 11 is 0. The number of methoxy groups -OCH3 is 2. The van der Waals surface area contributed by atoms with Crippen LogP contribution < -0.4 is 20.1 Å². The molecule has 1 aliphatic heterocycles. The van der Waals surface area contributed by atoms with Crippen molar-refractivity contribution in [1.29, 1.82) is 0 Å². The van der Waals surface area contributed by atoms with Crippen LogP contribution in [0.5, 0.6) is 11.5 Å². The molecular weight excluding hydrogens is 320 g/mol. The first-order valence-electron chi connectivity index (χ1n) is 7.27. The predicted molar refractivity (Wildman–Crippen MR) is 87.9 cm³/mol. The van der Waals surface area contributed by atoms with Crippen LogP contribution in [-0.4, -0.2) is 52.6 Å². The highest BCUT2D eigenvalue weighted by Gasteiger charge is 2.48. The summed E-state index contributed by atoms with van der Waals surface area (Å²) in [5.74, 6) is 0.508. The monoisotopic (exact) mass is 342 g/mol. The van der Waals surface area contributed by atoms with E-state index in [2.05, 4.69) is 10.6 Å². The van der Waals surface area contributed by atoms with Crippen molar-refractivity contribution in [3.63, 3.8) is 0 Å². The van der Waals surface area contributed by atoms with Crippen molar-refractivity contribution in [3.8, 4) is 11.5 Å². The van der Waals surface area contributed by atoms with Gasteiger partial charge in [-0.15, -0.1) is 0 Å². The van der Waals surface area contributed by atoms with Crippen molar-refractivity contribution in [1.82, 2.24) is 5.32 Å². The number of ether oxygens (including phenoxy) is 2. The molecule has 0 radical (unpaired) electrons. The Balaban J connectivity index is 2.32. The average Bonchev–Trinajstić information content (AvgIpc) is 2.53. The van der Waals surface area contributed by atoms with E-state index in [1.54, 1.807) is 18.2 Å². The molecule has 1 saturated heterocycles. The summed E-state index contributed by atoms with van der Waals surface area (Å²) in [5, 5.41) is 5.78. The molecule has 0 atom stereocenters.